The zero-order valence-corrected chi connectivity index (χ0v) is 23.5. The first-order valence-electron chi connectivity index (χ1n) is 13.7. The van der Waals surface area contributed by atoms with E-state index in [1.807, 2.05) is 26.0 Å². The largest absolute Gasteiger partial charge is 0.511 e. The third-order valence-corrected chi connectivity index (χ3v) is 7.23. The van der Waals surface area contributed by atoms with E-state index in [9.17, 15) is 14.4 Å². The monoisotopic (exact) mass is 545 g/mol. The lowest BCUT2D eigenvalue weighted by atomic mass is 9.94. The van der Waals surface area contributed by atoms with Crippen LogP contribution in [-0.2, 0) is 22.3 Å². The summed E-state index contributed by atoms with van der Waals surface area (Å²) in [5.41, 5.74) is 4.36. The lowest BCUT2D eigenvalue weighted by Gasteiger charge is -2.45. The first kappa shape index (κ1) is 27.3. The summed E-state index contributed by atoms with van der Waals surface area (Å²) in [7, 11) is 0. The number of fused-ring (bicyclic) bond motifs is 3. The molecule has 5 rings (SSSR count). The van der Waals surface area contributed by atoms with Crippen molar-refractivity contribution in [3.8, 4) is 5.75 Å². The summed E-state index contributed by atoms with van der Waals surface area (Å²) in [5, 5.41) is 2.10. The van der Waals surface area contributed by atoms with E-state index in [0.717, 1.165) is 24.0 Å². The van der Waals surface area contributed by atoms with E-state index in [0.29, 0.717) is 6.67 Å². The smallest absolute Gasteiger partial charge is 0.448 e. The molecule has 1 amide bonds. The van der Waals surface area contributed by atoms with Gasteiger partial charge in [-0.2, -0.15) is 0 Å². The van der Waals surface area contributed by atoms with Gasteiger partial charge >= 0.3 is 6.16 Å². The van der Waals surface area contributed by atoms with Crippen LogP contribution in [0.5, 0.6) is 5.75 Å². The minimum absolute atomic E-state index is 0.0827. The van der Waals surface area contributed by atoms with Gasteiger partial charge in [-0.3, -0.25) is 19.3 Å². The number of hydrogen-bond donors (Lipinski definition) is 0. The van der Waals surface area contributed by atoms with Crippen LogP contribution in [0.1, 0.15) is 73.4 Å². The van der Waals surface area contributed by atoms with Crippen LogP contribution in [0.25, 0.3) is 0 Å². The molecule has 2 aliphatic rings. The molecule has 0 saturated heterocycles. The molecule has 210 valence electrons. The third-order valence-electron chi connectivity index (χ3n) is 7.23. The zero-order chi connectivity index (χ0) is 28.6. The van der Waals surface area contributed by atoms with Crippen LogP contribution in [0.15, 0.2) is 65.6 Å². The summed E-state index contributed by atoms with van der Waals surface area (Å²) < 4.78 is 17.8. The summed E-state index contributed by atoms with van der Waals surface area (Å²) in [4.78, 5) is 40.8. The van der Waals surface area contributed by atoms with Crippen LogP contribution in [0.3, 0.4) is 0 Å². The molecule has 9 nitrogen and oxygen atoms in total. The van der Waals surface area contributed by atoms with Crippen LogP contribution in [0.4, 0.5) is 4.79 Å². The standard InChI is InChI=1S/C31H35N3O6/c1-19(2)32-18-34(27-24-12-8-6-10-22(24)14-15-23-11-7-9-13-25(23)27)33-17-16-26(35)29(28(33)30(32)36)39-21(5)40-31(37)38-20(3)4/h6-13,16-17,19-21,27H,14-15,18H2,1-5H3. The normalized spacial score (nSPS) is 15.7. The Bertz CT molecular complexity index is 1430. The van der Waals surface area contributed by atoms with Gasteiger partial charge in [-0.15, -0.1) is 0 Å². The molecule has 0 saturated carbocycles. The van der Waals surface area contributed by atoms with E-state index in [2.05, 4.69) is 41.4 Å². The fraction of sp³-hybridized carbons (Fsp3) is 0.387. The number of aryl methyl sites for hydroxylation is 2. The van der Waals surface area contributed by atoms with Crippen molar-refractivity contribution < 1.29 is 23.8 Å². The van der Waals surface area contributed by atoms with E-state index < -0.39 is 17.9 Å². The maximum Gasteiger partial charge on any atom is 0.511 e. The molecule has 3 aromatic rings. The molecular formula is C31H35N3O6. The first-order chi connectivity index (χ1) is 19.2. The van der Waals surface area contributed by atoms with Crippen molar-refractivity contribution in [1.29, 1.82) is 0 Å². The maximum atomic E-state index is 13.9. The zero-order valence-electron chi connectivity index (χ0n) is 23.5. The average Bonchev–Trinajstić information content (AvgIpc) is 3.07. The Labute approximate surface area is 233 Å². The summed E-state index contributed by atoms with van der Waals surface area (Å²) in [5.74, 6) is -0.519. The molecule has 1 aliphatic heterocycles. The molecule has 0 bridgehead atoms. The van der Waals surface area contributed by atoms with Crippen molar-refractivity contribution in [2.75, 3.05) is 11.7 Å². The Hall–Kier alpha value is -4.27. The SMILES string of the molecule is CC(C)OC(=O)OC(C)Oc1c2n(ccc1=O)N(C1c3ccccc3CCc3ccccc31)CN(C(C)C)C2=O. The minimum atomic E-state index is -1.17. The van der Waals surface area contributed by atoms with Crippen LogP contribution >= 0.6 is 0 Å². The predicted octanol–water partition coefficient (Wildman–Crippen LogP) is 4.78. The second kappa shape index (κ2) is 11.1. The van der Waals surface area contributed by atoms with Crippen LogP contribution in [-0.4, -0.2) is 46.7 Å². The molecule has 2 heterocycles. The quantitative estimate of drug-likeness (QED) is 0.325. The van der Waals surface area contributed by atoms with Gasteiger partial charge in [0.1, 0.15) is 6.67 Å². The Morgan fingerprint density at radius 1 is 0.850 bits per heavy atom. The molecule has 40 heavy (non-hydrogen) atoms. The summed E-state index contributed by atoms with van der Waals surface area (Å²) in [6.45, 7) is 9.06. The van der Waals surface area contributed by atoms with E-state index >= 15 is 0 Å². The molecule has 1 aliphatic carbocycles. The van der Waals surface area contributed by atoms with Crippen LogP contribution in [0, 0.1) is 0 Å². The van der Waals surface area contributed by atoms with Crippen molar-refractivity contribution in [3.05, 3.63) is 99.0 Å². The molecule has 9 heteroatoms. The number of rotatable bonds is 6. The number of hydrogen-bond acceptors (Lipinski definition) is 7. The van der Waals surface area contributed by atoms with Gasteiger partial charge in [0, 0.05) is 25.2 Å². The van der Waals surface area contributed by atoms with Crippen molar-refractivity contribution in [2.45, 2.75) is 71.9 Å². The number of nitrogens with zero attached hydrogens (tertiary/aromatic N) is 3. The lowest BCUT2D eigenvalue weighted by Crippen LogP contribution is -2.57. The Morgan fingerprint density at radius 2 is 1.45 bits per heavy atom. The van der Waals surface area contributed by atoms with Gasteiger partial charge in [-0.1, -0.05) is 48.5 Å². The molecule has 0 N–H and O–H groups in total. The Balaban J connectivity index is 1.65. The summed E-state index contributed by atoms with van der Waals surface area (Å²) in [6, 6.07) is 17.7. The van der Waals surface area contributed by atoms with Gasteiger partial charge < -0.3 is 19.1 Å². The van der Waals surface area contributed by atoms with Gasteiger partial charge in [0.25, 0.3) is 5.91 Å². The van der Waals surface area contributed by atoms with E-state index in [4.69, 9.17) is 14.2 Å². The van der Waals surface area contributed by atoms with Gasteiger partial charge in [0.05, 0.1) is 12.1 Å². The Morgan fingerprint density at radius 3 is 2.02 bits per heavy atom. The van der Waals surface area contributed by atoms with Crippen molar-refractivity contribution >= 4 is 12.1 Å². The second-order valence-corrected chi connectivity index (χ2v) is 10.7. The number of carbonyl (C=O) groups excluding carboxylic acids is 2. The summed E-state index contributed by atoms with van der Waals surface area (Å²) >= 11 is 0. The van der Waals surface area contributed by atoms with Gasteiger partial charge in [-0.05, 0) is 62.8 Å². The highest BCUT2D eigenvalue weighted by Crippen LogP contribution is 2.38. The van der Waals surface area contributed by atoms with Crippen molar-refractivity contribution in [2.24, 2.45) is 0 Å². The molecule has 0 fully saturated rings. The number of amides is 1. The van der Waals surface area contributed by atoms with Gasteiger partial charge in [0.15, 0.2) is 5.69 Å². The highest BCUT2D eigenvalue weighted by atomic mass is 16.8. The highest BCUT2D eigenvalue weighted by Gasteiger charge is 2.40. The minimum Gasteiger partial charge on any atom is -0.448 e. The number of benzene rings is 2. The van der Waals surface area contributed by atoms with Crippen molar-refractivity contribution in [1.82, 2.24) is 9.58 Å². The number of pyridine rings is 1. The molecule has 1 atom stereocenters. The topological polar surface area (TPSA) is 90.3 Å². The molecule has 0 spiro atoms. The Kier molecular flexibility index (Phi) is 7.56. The van der Waals surface area contributed by atoms with E-state index in [1.165, 1.54) is 24.1 Å². The molecule has 1 unspecified atom stereocenters. The van der Waals surface area contributed by atoms with Crippen LogP contribution < -0.4 is 15.2 Å². The second-order valence-electron chi connectivity index (χ2n) is 10.7. The lowest BCUT2D eigenvalue weighted by molar-refractivity contribution is -0.0616. The fourth-order valence-electron chi connectivity index (χ4n) is 5.42. The summed E-state index contributed by atoms with van der Waals surface area (Å²) in [6.07, 6.45) is 0.954. The molecule has 0 radical (unpaired) electrons. The number of aromatic nitrogens is 1. The van der Waals surface area contributed by atoms with Crippen LogP contribution in [0.2, 0.25) is 0 Å². The number of carbonyl (C=O) groups is 2. The predicted molar refractivity (Wildman–Crippen MR) is 150 cm³/mol. The maximum absolute atomic E-state index is 13.9. The fourth-order valence-corrected chi connectivity index (χ4v) is 5.42. The van der Waals surface area contributed by atoms with Gasteiger partial charge in [0.2, 0.25) is 17.5 Å². The molecule has 1 aromatic heterocycles. The highest BCUT2D eigenvalue weighted by molar-refractivity contribution is 5.96. The number of ether oxygens (including phenoxy) is 3. The third kappa shape index (κ3) is 5.15. The first-order valence-corrected chi connectivity index (χ1v) is 13.7. The average molecular weight is 546 g/mol. The van der Waals surface area contributed by atoms with Crippen molar-refractivity contribution in [3.63, 3.8) is 0 Å². The molecular weight excluding hydrogens is 510 g/mol. The van der Waals surface area contributed by atoms with E-state index in [-0.39, 0.29) is 35.5 Å². The molecule has 2 aromatic carbocycles. The van der Waals surface area contributed by atoms with E-state index in [1.54, 1.807) is 29.6 Å². The van der Waals surface area contributed by atoms with Gasteiger partial charge in [-0.25, -0.2) is 4.79 Å².